The molecule has 14 heteroatoms. The Bertz CT molecular complexity index is 4330. The maximum atomic E-state index is 10.5. The molecule has 13 nitrogen and oxygen atoms in total. The van der Waals surface area contributed by atoms with Crippen molar-refractivity contribution >= 4 is 17.0 Å². The van der Waals surface area contributed by atoms with Crippen LogP contribution in [-0.2, 0) is 7.05 Å². The lowest BCUT2D eigenvalue weighted by atomic mass is 9.88. The lowest BCUT2D eigenvalue weighted by Gasteiger charge is -2.23. The number of aryl methyl sites for hydroxylation is 7. The zero-order chi connectivity index (χ0) is 72.9. The zero-order valence-electron chi connectivity index (χ0n) is 64.7. The molecule has 0 radical (unpaired) electrons. The van der Waals surface area contributed by atoms with Crippen LogP contribution in [0.15, 0.2) is 4.42 Å². The summed E-state index contributed by atoms with van der Waals surface area (Å²) in [5.74, 6) is 3.49. The maximum Gasteiger partial charge on any atom is 0.230 e. The average Bonchev–Trinajstić information content (AvgIpc) is 1.10. The average molecular weight is 1320 g/mol. The molecular formula is C82H110N8O5S. The molecule has 10 rings (SSSR count). The van der Waals surface area contributed by atoms with Gasteiger partial charge in [-0.05, 0) is 362 Å². The number of hydrogen-bond donors (Lipinski definition) is 5. The van der Waals surface area contributed by atoms with Crippen molar-refractivity contribution in [2.24, 2.45) is 7.05 Å². The van der Waals surface area contributed by atoms with Gasteiger partial charge in [-0.15, -0.1) is 11.3 Å². The van der Waals surface area contributed by atoms with Gasteiger partial charge in [0.2, 0.25) is 5.89 Å². The number of rotatable bonds is 6. The van der Waals surface area contributed by atoms with Crippen LogP contribution in [0.2, 0.25) is 0 Å². The van der Waals surface area contributed by atoms with Crippen LogP contribution in [0.25, 0.3) is 50.4 Å². The molecule has 5 aromatic carbocycles. The Morgan fingerprint density at radius 1 is 0.333 bits per heavy atom. The molecule has 0 aliphatic carbocycles. The molecule has 10 aromatic rings. The summed E-state index contributed by atoms with van der Waals surface area (Å²) < 4.78 is 9.56. The monoisotopic (exact) mass is 1320 g/mol. The van der Waals surface area contributed by atoms with Crippen LogP contribution in [0.5, 0.6) is 23.0 Å². The van der Waals surface area contributed by atoms with Crippen molar-refractivity contribution in [2.45, 2.75) is 228 Å². The number of oxazole rings is 1. The molecule has 0 saturated heterocycles. The molecule has 0 fully saturated rings. The van der Waals surface area contributed by atoms with Gasteiger partial charge in [0.05, 0.1) is 45.2 Å². The van der Waals surface area contributed by atoms with Crippen molar-refractivity contribution in [3.8, 4) is 73.4 Å². The Kier molecular flexibility index (Phi) is 23.5. The normalized spacial score (nSPS) is 11.0. The minimum atomic E-state index is 0.275. The summed E-state index contributed by atoms with van der Waals surface area (Å²) in [5.41, 5.74) is 42.1. The smallest absolute Gasteiger partial charge is 0.230 e. The number of anilines is 1. The number of benzene rings is 5. The molecule has 5 N–H and O–H groups in total. The highest BCUT2D eigenvalue weighted by Crippen LogP contribution is 2.45. The first-order valence-corrected chi connectivity index (χ1v) is 34.1. The Morgan fingerprint density at radius 3 is 1.16 bits per heavy atom. The third-order valence-electron chi connectivity index (χ3n) is 22.3. The van der Waals surface area contributed by atoms with Crippen molar-refractivity contribution in [3.05, 3.63) is 184 Å². The van der Waals surface area contributed by atoms with Gasteiger partial charge in [0, 0.05) is 47.3 Å². The third-order valence-corrected chi connectivity index (χ3v) is 23.3. The molecule has 0 aliphatic rings. The first-order chi connectivity index (χ1) is 44.4. The van der Waals surface area contributed by atoms with Crippen LogP contribution in [0, 0.1) is 228 Å². The second-order valence-electron chi connectivity index (χ2n) is 27.0. The number of nitrogens with one attached hydrogen (secondary N) is 1. The fourth-order valence-electron chi connectivity index (χ4n) is 12.5. The predicted octanol–water partition coefficient (Wildman–Crippen LogP) is 20.9. The van der Waals surface area contributed by atoms with Crippen LogP contribution in [0.3, 0.4) is 0 Å². The summed E-state index contributed by atoms with van der Waals surface area (Å²) in [4.78, 5) is 19.7. The van der Waals surface area contributed by atoms with E-state index in [4.69, 9.17) is 9.40 Å². The molecule has 96 heavy (non-hydrogen) atoms. The van der Waals surface area contributed by atoms with Gasteiger partial charge >= 0.3 is 0 Å². The number of pyridine rings is 1. The van der Waals surface area contributed by atoms with Crippen molar-refractivity contribution in [1.29, 1.82) is 0 Å². The Morgan fingerprint density at radius 2 is 0.740 bits per heavy atom. The molecular weight excluding hydrogens is 1210 g/mol. The number of hydrogen-bond acceptors (Lipinski definition) is 12. The van der Waals surface area contributed by atoms with Gasteiger partial charge in [0.1, 0.15) is 45.3 Å². The van der Waals surface area contributed by atoms with Crippen molar-refractivity contribution in [3.63, 3.8) is 0 Å². The SMILES string of the molecule is CNc1c(C)c(C)c(C)c(C)c1-c1nc(C)c(C)c(C)c1C.Cc1nc(-c2c(C)c(C)c(C)c(C)c2O)n(C)c1C.Cc1nc(-c2c(C)c(C)c(C)c(C)c2O)oc1C.Cc1nc(-c2c(C)c(C)c(C)c(C)c2O)sc1C.Cc1nn(-c2c(C)c(C)c(C)c(C)c2O)c(C)c1C. The lowest BCUT2D eigenvalue weighted by Crippen LogP contribution is -2.07. The van der Waals surface area contributed by atoms with Crippen LogP contribution in [0.4, 0.5) is 5.69 Å². The highest BCUT2D eigenvalue weighted by Gasteiger charge is 2.26. The van der Waals surface area contributed by atoms with Crippen molar-refractivity contribution in [1.82, 2.24) is 34.3 Å². The number of imidazole rings is 1. The highest BCUT2D eigenvalue weighted by atomic mass is 32.1. The minimum absolute atomic E-state index is 0.275. The predicted molar refractivity (Wildman–Crippen MR) is 404 cm³/mol. The summed E-state index contributed by atoms with van der Waals surface area (Å²) in [6.45, 7) is 68.0. The number of phenolic OH excluding ortho intramolecular Hbond substituents is 4. The first kappa shape index (κ1) is 76.5. The van der Waals surface area contributed by atoms with Gasteiger partial charge in [-0.25, -0.2) is 19.6 Å². The van der Waals surface area contributed by atoms with Gasteiger partial charge in [-0.2, -0.15) is 5.10 Å². The number of phenols is 4. The van der Waals surface area contributed by atoms with E-state index < -0.39 is 0 Å². The fourth-order valence-corrected chi connectivity index (χ4v) is 13.5. The lowest BCUT2D eigenvalue weighted by molar-refractivity contribution is 0.464. The van der Waals surface area contributed by atoms with E-state index in [1.165, 1.54) is 88.5 Å². The first-order valence-electron chi connectivity index (χ1n) is 33.3. The molecule has 0 bridgehead atoms. The Hall–Kier alpha value is -8.49. The van der Waals surface area contributed by atoms with Gasteiger partial charge in [-0.3, -0.25) is 4.98 Å². The Labute approximate surface area is 578 Å². The minimum Gasteiger partial charge on any atom is -0.507 e. The zero-order valence-corrected chi connectivity index (χ0v) is 65.6. The van der Waals surface area contributed by atoms with Crippen molar-refractivity contribution < 1.29 is 24.8 Å². The summed E-state index contributed by atoms with van der Waals surface area (Å²) >= 11 is 1.65. The maximum absolute atomic E-state index is 10.5. The van der Waals surface area contributed by atoms with E-state index >= 15 is 0 Å². The highest BCUT2D eigenvalue weighted by molar-refractivity contribution is 7.15. The Balaban J connectivity index is 0.000000190. The van der Waals surface area contributed by atoms with E-state index in [2.05, 4.69) is 150 Å². The second-order valence-corrected chi connectivity index (χ2v) is 28.2. The second kappa shape index (κ2) is 29.5. The summed E-state index contributed by atoms with van der Waals surface area (Å²) in [5, 5.41) is 50.7. The van der Waals surface area contributed by atoms with Crippen LogP contribution in [0.1, 0.15) is 184 Å². The largest absolute Gasteiger partial charge is 0.507 e. The number of aromatic nitrogens is 7. The van der Waals surface area contributed by atoms with Gasteiger partial charge in [-0.1, -0.05) is 0 Å². The molecule has 0 aliphatic heterocycles. The van der Waals surface area contributed by atoms with Crippen LogP contribution < -0.4 is 5.32 Å². The van der Waals surface area contributed by atoms with E-state index in [-0.39, 0.29) is 5.75 Å². The summed E-state index contributed by atoms with van der Waals surface area (Å²) in [6.07, 6.45) is 0. The third kappa shape index (κ3) is 13.9. The molecule has 5 aromatic heterocycles. The quantitative estimate of drug-likeness (QED) is 0.107. The standard InChI is InChI=1S/C20H28N2.2C16H22N2O.C15H19NO2.C15H19NOS/c1-10-11(2)15(6)19(21-9)18(14(10)5)20-16(7)12(3)13(4)17(8)22-20;1-8-9(2)11(4)15(19)14(10(8)3)16-17-12(5)13(6)18(16)7;1-8-9(2)11(4)16(19)15(10(8)3)18-14(7)12(5)13(6)17-18;2*1-7-8(2)10(4)14(17)13(9(7)3)15-16-11(5)12(6)18-15/h21H,1-9H3;2*19H,1-7H3;2*17H,1-6H3. The number of aromatic hydroxyl groups is 4. The van der Waals surface area contributed by atoms with Crippen molar-refractivity contribution in [2.75, 3.05) is 12.4 Å². The topological polar surface area (TPSA) is 180 Å². The number of nitrogens with zero attached hydrogens (tertiary/aromatic N) is 7. The molecule has 514 valence electrons. The van der Waals surface area contributed by atoms with E-state index in [1.54, 1.807) is 11.3 Å². The molecule has 0 saturated carbocycles. The molecule has 0 spiro atoms. The van der Waals surface area contributed by atoms with Gasteiger partial charge < -0.3 is 34.7 Å². The van der Waals surface area contributed by atoms with E-state index in [0.717, 1.165) is 140 Å². The fraction of sp³-hybridized carbons (Fsp3) is 0.427. The van der Waals surface area contributed by atoms with E-state index in [0.29, 0.717) is 28.7 Å². The summed E-state index contributed by atoms with van der Waals surface area (Å²) in [7, 11) is 4.00. The van der Waals surface area contributed by atoms with E-state index in [1.807, 2.05) is 127 Å². The van der Waals surface area contributed by atoms with Gasteiger partial charge in [0.25, 0.3) is 0 Å². The van der Waals surface area contributed by atoms with E-state index in [9.17, 15) is 20.4 Å². The molecule has 0 unspecified atom stereocenters. The molecule has 5 heterocycles. The van der Waals surface area contributed by atoms with Crippen LogP contribution >= 0.6 is 11.3 Å². The number of thiazole rings is 1. The molecule has 0 amide bonds. The molecule has 0 atom stereocenters. The summed E-state index contributed by atoms with van der Waals surface area (Å²) in [6, 6.07) is 0. The van der Waals surface area contributed by atoms with Crippen LogP contribution in [-0.4, -0.2) is 61.8 Å². The van der Waals surface area contributed by atoms with Gasteiger partial charge in [0.15, 0.2) is 0 Å².